The molecule has 2 aromatic rings. The SMILES string of the molecule is O=C(O)C1CN(c2ccc(NC(=O)N3Cc4ccncc4C3)cc2)C1. The number of carboxylic acids is 1. The van der Waals surface area contributed by atoms with Gasteiger partial charge in [-0.15, -0.1) is 0 Å². The molecule has 0 saturated carbocycles. The Hall–Kier alpha value is -3.09. The molecule has 2 aliphatic heterocycles. The normalized spacial score (nSPS) is 16.3. The van der Waals surface area contributed by atoms with Crippen molar-refractivity contribution in [3.63, 3.8) is 0 Å². The fourth-order valence-corrected chi connectivity index (χ4v) is 3.17. The van der Waals surface area contributed by atoms with Crippen LogP contribution in [0.3, 0.4) is 0 Å². The number of aliphatic carboxylic acids is 1. The van der Waals surface area contributed by atoms with Crippen molar-refractivity contribution in [2.45, 2.75) is 13.1 Å². The van der Waals surface area contributed by atoms with Gasteiger partial charge in [0.05, 0.1) is 5.92 Å². The summed E-state index contributed by atoms with van der Waals surface area (Å²) < 4.78 is 0. The third kappa shape index (κ3) is 3.00. The van der Waals surface area contributed by atoms with Gasteiger partial charge in [0.1, 0.15) is 0 Å². The Bertz CT molecular complexity index is 790. The lowest BCUT2D eigenvalue weighted by molar-refractivity contribution is -0.142. The van der Waals surface area contributed by atoms with E-state index in [4.69, 9.17) is 5.11 Å². The molecule has 0 radical (unpaired) electrons. The lowest BCUT2D eigenvalue weighted by Crippen LogP contribution is -2.50. The predicted molar refractivity (Wildman–Crippen MR) is 92.3 cm³/mol. The highest BCUT2D eigenvalue weighted by Gasteiger charge is 2.32. The Morgan fingerprint density at radius 3 is 2.48 bits per heavy atom. The van der Waals surface area contributed by atoms with Crippen LogP contribution in [0.2, 0.25) is 0 Å². The van der Waals surface area contributed by atoms with Gasteiger partial charge in [0, 0.05) is 49.9 Å². The molecule has 1 aromatic heterocycles. The number of rotatable bonds is 3. The molecule has 1 aromatic carbocycles. The summed E-state index contributed by atoms with van der Waals surface area (Å²) in [6.07, 6.45) is 3.54. The summed E-state index contributed by atoms with van der Waals surface area (Å²) in [6, 6.07) is 9.28. The topological polar surface area (TPSA) is 85.8 Å². The minimum Gasteiger partial charge on any atom is -0.481 e. The molecule has 7 heteroatoms. The van der Waals surface area contributed by atoms with Crippen molar-refractivity contribution < 1.29 is 14.7 Å². The van der Waals surface area contributed by atoms with Crippen molar-refractivity contribution in [1.82, 2.24) is 9.88 Å². The van der Waals surface area contributed by atoms with Crippen LogP contribution in [0.1, 0.15) is 11.1 Å². The van der Waals surface area contributed by atoms with Gasteiger partial charge in [0.25, 0.3) is 0 Å². The summed E-state index contributed by atoms with van der Waals surface area (Å²) in [5, 5.41) is 11.8. The first-order valence-electron chi connectivity index (χ1n) is 8.15. The summed E-state index contributed by atoms with van der Waals surface area (Å²) in [4.78, 5) is 31.1. The lowest BCUT2D eigenvalue weighted by atomic mass is 9.99. The zero-order chi connectivity index (χ0) is 17.4. The van der Waals surface area contributed by atoms with Gasteiger partial charge in [-0.2, -0.15) is 0 Å². The highest BCUT2D eigenvalue weighted by atomic mass is 16.4. The van der Waals surface area contributed by atoms with Gasteiger partial charge in [-0.1, -0.05) is 0 Å². The van der Waals surface area contributed by atoms with E-state index in [1.54, 1.807) is 17.3 Å². The van der Waals surface area contributed by atoms with E-state index in [1.165, 1.54) is 0 Å². The number of anilines is 2. The van der Waals surface area contributed by atoms with E-state index < -0.39 is 5.97 Å². The first-order valence-corrected chi connectivity index (χ1v) is 8.15. The van der Waals surface area contributed by atoms with Crippen LogP contribution in [0.25, 0.3) is 0 Å². The van der Waals surface area contributed by atoms with Gasteiger partial charge < -0.3 is 20.2 Å². The van der Waals surface area contributed by atoms with Crippen LogP contribution in [-0.4, -0.2) is 40.1 Å². The fraction of sp³-hybridized carbons (Fsp3) is 0.278. The molecule has 4 rings (SSSR count). The van der Waals surface area contributed by atoms with Crippen molar-refractivity contribution in [2.24, 2.45) is 5.92 Å². The molecule has 0 unspecified atom stereocenters. The van der Waals surface area contributed by atoms with Gasteiger partial charge in [0.2, 0.25) is 0 Å². The number of carboxylic acid groups (broad SMARTS) is 1. The largest absolute Gasteiger partial charge is 0.481 e. The van der Waals surface area contributed by atoms with E-state index in [0.717, 1.165) is 22.5 Å². The number of aromatic nitrogens is 1. The molecular formula is C18H18N4O3. The summed E-state index contributed by atoms with van der Waals surface area (Å²) >= 11 is 0. The number of nitrogens with one attached hydrogen (secondary N) is 1. The standard InChI is InChI=1S/C18H18N4O3/c23-17(24)14-10-21(11-14)16-3-1-15(2-4-16)20-18(25)22-8-12-5-6-19-7-13(12)9-22/h1-7,14H,8-11H2,(H,20,25)(H,23,24). The number of pyridine rings is 1. The number of hydrogen-bond acceptors (Lipinski definition) is 4. The summed E-state index contributed by atoms with van der Waals surface area (Å²) in [7, 11) is 0. The molecule has 2 amide bonds. The maximum atomic E-state index is 12.4. The average molecular weight is 338 g/mol. The number of hydrogen-bond donors (Lipinski definition) is 2. The second-order valence-electron chi connectivity index (χ2n) is 6.42. The number of fused-ring (bicyclic) bond motifs is 1. The van der Waals surface area contributed by atoms with Crippen LogP contribution >= 0.6 is 0 Å². The predicted octanol–water partition coefficient (Wildman–Crippen LogP) is 2.15. The van der Waals surface area contributed by atoms with E-state index >= 15 is 0 Å². The van der Waals surface area contributed by atoms with Crippen LogP contribution in [0.15, 0.2) is 42.7 Å². The monoisotopic (exact) mass is 338 g/mol. The first-order chi connectivity index (χ1) is 12.1. The zero-order valence-electron chi connectivity index (χ0n) is 13.6. The number of amides is 2. The Labute approximate surface area is 144 Å². The number of carbonyl (C=O) groups is 2. The Kier molecular flexibility index (Phi) is 3.76. The molecule has 25 heavy (non-hydrogen) atoms. The zero-order valence-corrected chi connectivity index (χ0v) is 13.6. The highest BCUT2D eigenvalue weighted by molar-refractivity contribution is 5.90. The van der Waals surface area contributed by atoms with Gasteiger partial charge in [-0.25, -0.2) is 4.79 Å². The van der Waals surface area contributed by atoms with Crippen LogP contribution in [0, 0.1) is 5.92 Å². The quantitative estimate of drug-likeness (QED) is 0.896. The molecule has 128 valence electrons. The molecule has 0 spiro atoms. The summed E-state index contributed by atoms with van der Waals surface area (Å²) in [5.41, 5.74) is 3.90. The molecule has 1 fully saturated rings. The molecule has 0 aliphatic carbocycles. The van der Waals surface area contributed by atoms with Crippen molar-refractivity contribution in [2.75, 3.05) is 23.3 Å². The number of nitrogens with zero attached hydrogens (tertiary/aromatic N) is 3. The van der Waals surface area contributed by atoms with E-state index in [-0.39, 0.29) is 11.9 Å². The Balaban J connectivity index is 1.34. The van der Waals surface area contributed by atoms with Crippen molar-refractivity contribution >= 4 is 23.4 Å². The van der Waals surface area contributed by atoms with Crippen molar-refractivity contribution in [3.05, 3.63) is 53.9 Å². The van der Waals surface area contributed by atoms with E-state index in [0.29, 0.717) is 26.2 Å². The third-order valence-electron chi connectivity index (χ3n) is 4.73. The van der Waals surface area contributed by atoms with Crippen LogP contribution < -0.4 is 10.2 Å². The number of carbonyl (C=O) groups excluding carboxylic acids is 1. The fourth-order valence-electron chi connectivity index (χ4n) is 3.17. The molecular weight excluding hydrogens is 320 g/mol. The minimum absolute atomic E-state index is 0.140. The molecule has 7 nitrogen and oxygen atoms in total. The molecule has 2 N–H and O–H groups in total. The lowest BCUT2D eigenvalue weighted by Gasteiger charge is -2.38. The maximum absolute atomic E-state index is 12.4. The summed E-state index contributed by atoms with van der Waals surface area (Å²) in [5.74, 6) is -1.03. The van der Waals surface area contributed by atoms with E-state index in [9.17, 15) is 9.59 Å². The third-order valence-corrected chi connectivity index (χ3v) is 4.73. The van der Waals surface area contributed by atoms with Gasteiger partial charge in [-0.3, -0.25) is 9.78 Å². The number of benzene rings is 1. The van der Waals surface area contributed by atoms with Crippen LogP contribution in [0.5, 0.6) is 0 Å². The van der Waals surface area contributed by atoms with Gasteiger partial charge in [-0.05, 0) is 41.5 Å². The molecule has 0 bridgehead atoms. The van der Waals surface area contributed by atoms with Gasteiger partial charge >= 0.3 is 12.0 Å². The molecule has 2 aliphatic rings. The van der Waals surface area contributed by atoms with Gasteiger partial charge in [0.15, 0.2) is 0 Å². The van der Waals surface area contributed by atoms with E-state index in [2.05, 4.69) is 10.3 Å². The molecule has 0 atom stereocenters. The molecule has 1 saturated heterocycles. The molecule has 3 heterocycles. The van der Waals surface area contributed by atoms with Crippen LogP contribution in [0.4, 0.5) is 16.2 Å². The Morgan fingerprint density at radius 2 is 1.80 bits per heavy atom. The second-order valence-corrected chi connectivity index (χ2v) is 6.42. The smallest absolute Gasteiger partial charge is 0.322 e. The minimum atomic E-state index is -0.748. The van der Waals surface area contributed by atoms with Crippen LogP contribution in [-0.2, 0) is 17.9 Å². The van der Waals surface area contributed by atoms with Crippen molar-refractivity contribution in [1.29, 1.82) is 0 Å². The van der Waals surface area contributed by atoms with E-state index in [1.807, 2.05) is 35.2 Å². The average Bonchev–Trinajstić information content (AvgIpc) is 2.99. The number of urea groups is 1. The summed E-state index contributed by atoms with van der Waals surface area (Å²) in [6.45, 7) is 2.21. The second kappa shape index (κ2) is 6.08. The van der Waals surface area contributed by atoms with Crippen molar-refractivity contribution in [3.8, 4) is 0 Å². The Morgan fingerprint density at radius 1 is 1.08 bits per heavy atom. The highest BCUT2D eigenvalue weighted by Crippen LogP contribution is 2.27. The maximum Gasteiger partial charge on any atom is 0.322 e. The first kappa shape index (κ1) is 15.4.